The molecule has 19 heavy (non-hydrogen) atoms. The van der Waals surface area contributed by atoms with Crippen molar-refractivity contribution in [2.45, 2.75) is 25.1 Å². The Morgan fingerprint density at radius 1 is 1.37 bits per heavy atom. The van der Waals surface area contributed by atoms with Crippen LogP contribution in [-0.2, 0) is 4.79 Å². The number of hydrogen-bond donors (Lipinski definition) is 1. The van der Waals surface area contributed by atoms with E-state index in [-0.39, 0.29) is 5.91 Å². The minimum Gasteiger partial charge on any atom is -0.334 e. The lowest BCUT2D eigenvalue weighted by Crippen LogP contribution is -2.31. The van der Waals surface area contributed by atoms with Crippen molar-refractivity contribution in [1.82, 2.24) is 10.1 Å². The Morgan fingerprint density at radius 3 is 2.63 bits per heavy atom. The molecule has 1 heterocycles. The molecule has 0 spiro atoms. The Hall–Kier alpha value is -1.69. The van der Waals surface area contributed by atoms with Crippen LogP contribution >= 0.6 is 15.9 Å². The van der Waals surface area contributed by atoms with Gasteiger partial charge in [0.25, 0.3) is 5.89 Å². The van der Waals surface area contributed by atoms with Crippen LogP contribution in [0.4, 0.5) is 5.69 Å². The number of aromatic nitrogens is 2. The van der Waals surface area contributed by atoms with E-state index in [1.54, 1.807) is 26.8 Å². The Labute approximate surface area is 119 Å². The smallest absolute Gasteiger partial charge is 0.260 e. The molecule has 1 aromatic heterocycles. The van der Waals surface area contributed by atoms with E-state index in [4.69, 9.17) is 4.52 Å². The molecule has 0 bridgehead atoms. The van der Waals surface area contributed by atoms with Gasteiger partial charge in [-0.1, -0.05) is 33.2 Å². The van der Waals surface area contributed by atoms with Crippen LogP contribution in [0.1, 0.15) is 19.7 Å². The maximum atomic E-state index is 12.0. The number of anilines is 1. The van der Waals surface area contributed by atoms with Crippen molar-refractivity contribution in [1.29, 1.82) is 0 Å². The Morgan fingerprint density at radius 2 is 2.05 bits per heavy atom. The van der Waals surface area contributed by atoms with E-state index < -0.39 is 4.32 Å². The first kappa shape index (κ1) is 13.7. The lowest BCUT2D eigenvalue weighted by atomic mass is 10.1. The SMILES string of the molecule is Cc1noc(-c2ccccc2NC(=O)C(C)(C)Br)n1. The van der Waals surface area contributed by atoms with Gasteiger partial charge in [-0.05, 0) is 32.9 Å². The summed E-state index contributed by atoms with van der Waals surface area (Å²) >= 11 is 3.32. The maximum absolute atomic E-state index is 12.0. The van der Waals surface area contributed by atoms with Crippen LogP contribution in [0.15, 0.2) is 28.8 Å². The number of carbonyl (C=O) groups is 1. The highest BCUT2D eigenvalue weighted by Gasteiger charge is 2.24. The number of nitrogens with zero attached hydrogens (tertiary/aromatic N) is 2. The van der Waals surface area contributed by atoms with Crippen molar-refractivity contribution in [3.63, 3.8) is 0 Å². The summed E-state index contributed by atoms with van der Waals surface area (Å²) in [5, 5.41) is 6.60. The number of rotatable bonds is 3. The second kappa shape index (κ2) is 5.13. The van der Waals surface area contributed by atoms with E-state index in [1.165, 1.54) is 0 Å². The zero-order valence-electron chi connectivity index (χ0n) is 10.9. The molecular formula is C13H14BrN3O2. The van der Waals surface area contributed by atoms with Gasteiger partial charge >= 0.3 is 0 Å². The first-order valence-electron chi connectivity index (χ1n) is 5.78. The quantitative estimate of drug-likeness (QED) is 0.881. The average Bonchev–Trinajstić information content (AvgIpc) is 2.75. The van der Waals surface area contributed by atoms with Crippen molar-refractivity contribution in [3.05, 3.63) is 30.1 Å². The fraction of sp³-hybridized carbons (Fsp3) is 0.308. The molecule has 0 aliphatic heterocycles. The number of amides is 1. The third-order valence-corrected chi connectivity index (χ3v) is 2.83. The summed E-state index contributed by atoms with van der Waals surface area (Å²) < 4.78 is 4.49. The fourth-order valence-electron chi connectivity index (χ4n) is 1.46. The van der Waals surface area contributed by atoms with Gasteiger partial charge in [0.2, 0.25) is 5.91 Å². The van der Waals surface area contributed by atoms with Gasteiger partial charge in [-0.2, -0.15) is 4.98 Å². The summed E-state index contributed by atoms with van der Waals surface area (Å²) in [5.41, 5.74) is 1.34. The molecule has 0 aliphatic rings. The summed E-state index contributed by atoms with van der Waals surface area (Å²) in [7, 11) is 0. The number of benzene rings is 1. The van der Waals surface area contributed by atoms with Crippen LogP contribution < -0.4 is 5.32 Å². The van der Waals surface area contributed by atoms with Crippen molar-refractivity contribution >= 4 is 27.5 Å². The van der Waals surface area contributed by atoms with E-state index >= 15 is 0 Å². The van der Waals surface area contributed by atoms with E-state index in [9.17, 15) is 4.79 Å². The number of hydrogen-bond acceptors (Lipinski definition) is 4. The van der Waals surface area contributed by atoms with Crippen molar-refractivity contribution in [2.24, 2.45) is 0 Å². The monoisotopic (exact) mass is 323 g/mol. The zero-order chi connectivity index (χ0) is 14.0. The summed E-state index contributed by atoms with van der Waals surface area (Å²) in [5.74, 6) is 0.800. The van der Waals surface area contributed by atoms with E-state index in [1.807, 2.05) is 18.2 Å². The predicted octanol–water partition coefficient (Wildman–Crippen LogP) is 3.16. The van der Waals surface area contributed by atoms with Gasteiger partial charge in [-0.25, -0.2) is 0 Å². The second-order valence-corrected chi connectivity index (χ2v) is 6.60. The molecule has 6 heteroatoms. The predicted molar refractivity (Wildman–Crippen MR) is 76.1 cm³/mol. The molecule has 2 aromatic rings. The summed E-state index contributed by atoms with van der Waals surface area (Å²) in [4.78, 5) is 16.2. The van der Waals surface area contributed by atoms with Gasteiger partial charge in [-0.3, -0.25) is 4.79 Å². The van der Waals surface area contributed by atoms with Crippen LogP contribution in [0.5, 0.6) is 0 Å². The molecule has 0 saturated heterocycles. The highest BCUT2D eigenvalue weighted by molar-refractivity contribution is 9.10. The largest absolute Gasteiger partial charge is 0.334 e. The standard InChI is InChI=1S/C13H14BrN3O2/c1-8-15-11(19-17-8)9-6-4-5-7-10(9)16-12(18)13(2,3)14/h4-7H,1-3H3,(H,16,18). The van der Waals surface area contributed by atoms with Gasteiger partial charge < -0.3 is 9.84 Å². The van der Waals surface area contributed by atoms with Crippen LogP contribution in [-0.4, -0.2) is 20.4 Å². The molecule has 100 valence electrons. The number of carbonyl (C=O) groups excluding carboxylic acids is 1. The van der Waals surface area contributed by atoms with Crippen molar-refractivity contribution in [3.8, 4) is 11.5 Å². The Bertz CT molecular complexity index is 602. The molecule has 0 aliphatic carbocycles. The molecule has 0 saturated carbocycles. The van der Waals surface area contributed by atoms with E-state index in [2.05, 4.69) is 31.4 Å². The zero-order valence-corrected chi connectivity index (χ0v) is 12.5. The van der Waals surface area contributed by atoms with Crippen LogP contribution in [0.25, 0.3) is 11.5 Å². The topological polar surface area (TPSA) is 68.0 Å². The third-order valence-electron chi connectivity index (χ3n) is 2.47. The van der Waals surface area contributed by atoms with Crippen LogP contribution in [0, 0.1) is 6.92 Å². The second-order valence-electron chi connectivity index (χ2n) is 4.62. The van der Waals surface area contributed by atoms with Gasteiger partial charge in [-0.15, -0.1) is 0 Å². The summed E-state index contributed by atoms with van der Waals surface area (Å²) in [6, 6.07) is 7.31. The first-order chi connectivity index (χ1) is 8.88. The number of alkyl halides is 1. The van der Waals surface area contributed by atoms with Gasteiger partial charge in [0, 0.05) is 0 Å². The molecular weight excluding hydrogens is 310 g/mol. The van der Waals surface area contributed by atoms with Crippen LogP contribution in [0.2, 0.25) is 0 Å². The highest BCUT2D eigenvalue weighted by Crippen LogP contribution is 2.28. The molecule has 0 fully saturated rings. The van der Waals surface area contributed by atoms with E-state index in [0.29, 0.717) is 23.0 Å². The number of para-hydroxylation sites is 1. The summed E-state index contributed by atoms with van der Waals surface area (Å²) in [6.07, 6.45) is 0. The first-order valence-corrected chi connectivity index (χ1v) is 6.57. The lowest BCUT2D eigenvalue weighted by molar-refractivity contribution is -0.117. The third kappa shape index (κ3) is 3.20. The highest BCUT2D eigenvalue weighted by atomic mass is 79.9. The van der Waals surface area contributed by atoms with Gasteiger partial charge in [0.05, 0.1) is 15.6 Å². The van der Waals surface area contributed by atoms with Gasteiger partial charge in [0.15, 0.2) is 5.82 Å². The average molecular weight is 324 g/mol. The molecule has 5 nitrogen and oxygen atoms in total. The van der Waals surface area contributed by atoms with E-state index in [0.717, 1.165) is 0 Å². The number of nitrogens with one attached hydrogen (secondary N) is 1. The molecule has 0 atom stereocenters. The van der Waals surface area contributed by atoms with Crippen molar-refractivity contribution in [2.75, 3.05) is 5.32 Å². The normalized spacial score (nSPS) is 11.4. The Balaban J connectivity index is 2.35. The fourth-order valence-corrected chi connectivity index (χ4v) is 1.56. The van der Waals surface area contributed by atoms with Crippen LogP contribution in [0.3, 0.4) is 0 Å². The van der Waals surface area contributed by atoms with Gasteiger partial charge in [0.1, 0.15) is 0 Å². The lowest BCUT2D eigenvalue weighted by Gasteiger charge is -2.16. The Kier molecular flexibility index (Phi) is 3.71. The molecule has 2 rings (SSSR count). The number of halogens is 1. The minimum atomic E-state index is -0.648. The minimum absolute atomic E-state index is 0.142. The molecule has 0 unspecified atom stereocenters. The summed E-state index contributed by atoms with van der Waals surface area (Å²) in [6.45, 7) is 5.30. The molecule has 1 N–H and O–H groups in total. The molecule has 0 radical (unpaired) electrons. The maximum Gasteiger partial charge on any atom is 0.260 e. The number of aryl methyl sites for hydroxylation is 1. The molecule has 1 amide bonds. The molecule has 1 aromatic carbocycles. The van der Waals surface area contributed by atoms with Crippen molar-refractivity contribution < 1.29 is 9.32 Å².